The Morgan fingerprint density at radius 1 is 1.38 bits per heavy atom. The quantitative estimate of drug-likeness (QED) is 0.367. The normalized spacial score (nSPS) is 11.1. The molecular weight excluding hydrogens is 321 g/mol. The highest BCUT2D eigenvalue weighted by Crippen LogP contribution is 2.08. The van der Waals surface area contributed by atoms with Crippen LogP contribution in [0.5, 0.6) is 0 Å². The number of carbonyl (C=O) groups excluding carboxylic acids is 1. The summed E-state index contributed by atoms with van der Waals surface area (Å²) in [5.74, 6) is -0.339. The zero-order chi connectivity index (χ0) is 12.0. The van der Waals surface area contributed by atoms with E-state index in [0.29, 0.717) is 5.71 Å². The van der Waals surface area contributed by atoms with Crippen LogP contribution in [0.25, 0.3) is 0 Å². The molecule has 0 fully saturated rings. The van der Waals surface area contributed by atoms with Crippen molar-refractivity contribution in [3.8, 4) is 0 Å². The van der Waals surface area contributed by atoms with E-state index < -0.39 is 0 Å². The first-order valence-electron chi connectivity index (χ1n) is 4.63. The average molecular weight is 333 g/mol. The van der Waals surface area contributed by atoms with Crippen molar-refractivity contribution in [3.63, 3.8) is 0 Å². The van der Waals surface area contributed by atoms with Crippen molar-refractivity contribution in [1.29, 1.82) is 0 Å². The molecule has 0 aliphatic carbocycles. The third-order valence-corrected chi connectivity index (χ3v) is 2.51. The zero-order valence-electron chi connectivity index (χ0n) is 9.07. The first-order chi connectivity index (χ1) is 7.63. The topological polar surface area (TPSA) is 47.9 Å². The number of hydrogen-bond acceptors (Lipinski definition) is 4. The molecule has 0 aromatic heterocycles. The van der Waals surface area contributed by atoms with Gasteiger partial charge < -0.3 is 9.57 Å². The first-order valence-corrected chi connectivity index (χ1v) is 5.70. The Kier molecular flexibility index (Phi) is 5.24. The van der Waals surface area contributed by atoms with Gasteiger partial charge in [0.2, 0.25) is 0 Å². The highest BCUT2D eigenvalue weighted by Gasteiger charge is 2.06. The smallest absolute Gasteiger partial charge is 0.303 e. The molecule has 1 aromatic rings. The molecule has 0 saturated carbocycles. The summed E-state index contributed by atoms with van der Waals surface area (Å²) in [6.07, 6.45) is 0. The molecule has 0 heterocycles. The monoisotopic (exact) mass is 333 g/mol. The number of halogens is 1. The molecule has 0 atom stereocenters. The van der Waals surface area contributed by atoms with Crippen LogP contribution in [0.4, 0.5) is 0 Å². The second-order valence-electron chi connectivity index (χ2n) is 3.01. The molecule has 5 heteroatoms. The molecule has 0 spiro atoms. The predicted molar refractivity (Wildman–Crippen MR) is 69.3 cm³/mol. The second kappa shape index (κ2) is 6.47. The fourth-order valence-corrected chi connectivity index (χ4v) is 1.44. The summed E-state index contributed by atoms with van der Waals surface area (Å²) in [6, 6.07) is 7.72. The van der Waals surface area contributed by atoms with E-state index in [9.17, 15) is 4.79 Å². The van der Waals surface area contributed by atoms with Gasteiger partial charge in [0.05, 0.1) is 0 Å². The summed E-state index contributed by atoms with van der Waals surface area (Å²) >= 11 is 2.22. The summed E-state index contributed by atoms with van der Waals surface area (Å²) < 4.78 is 6.02. The van der Waals surface area contributed by atoms with E-state index in [1.165, 1.54) is 14.0 Å². The van der Waals surface area contributed by atoms with Gasteiger partial charge in [-0.25, -0.2) is 0 Å². The van der Waals surface area contributed by atoms with Crippen LogP contribution in [-0.2, 0) is 14.4 Å². The van der Waals surface area contributed by atoms with Crippen LogP contribution in [0, 0.1) is 3.57 Å². The van der Waals surface area contributed by atoms with Gasteiger partial charge in [-0.2, -0.15) is 0 Å². The Morgan fingerprint density at radius 3 is 2.50 bits per heavy atom. The van der Waals surface area contributed by atoms with Gasteiger partial charge in [0.1, 0.15) is 19.4 Å². The molecular formula is C11H12INO3. The number of ether oxygens (including phenoxy) is 1. The minimum absolute atomic E-state index is 0.115. The molecule has 1 aromatic carbocycles. The van der Waals surface area contributed by atoms with Gasteiger partial charge in [0.25, 0.3) is 0 Å². The zero-order valence-corrected chi connectivity index (χ0v) is 11.2. The van der Waals surface area contributed by atoms with Gasteiger partial charge >= 0.3 is 5.97 Å². The van der Waals surface area contributed by atoms with Gasteiger partial charge in [0.15, 0.2) is 0 Å². The lowest BCUT2D eigenvalue weighted by atomic mass is 10.1. The van der Waals surface area contributed by atoms with Gasteiger partial charge in [-0.3, -0.25) is 4.79 Å². The van der Waals surface area contributed by atoms with E-state index in [-0.39, 0.29) is 12.6 Å². The molecule has 0 amide bonds. The fourth-order valence-electron chi connectivity index (χ4n) is 1.08. The summed E-state index contributed by atoms with van der Waals surface area (Å²) in [5, 5.41) is 3.83. The van der Waals surface area contributed by atoms with E-state index in [2.05, 4.69) is 27.7 Å². The largest absolute Gasteiger partial charge is 0.459 e. The summed E-state index contributed by atoms with van der Waals surface area (Å²) in [5.41, 5.74) is 1.47. The molecule has 1 rings (SSSR count). The van der Waals surface area contributed by atoms with Crippen LogP contribution in [0.3, 0.4) is 0 Å². The number of nitrogens with zero attached hydrogens (tertiary/aromatic N) is 1. The maximum Gasteiger partial charge on any atom is 0.303 e. The molecule has 0 saturated heterocycles. The summed E-state index contributed by atoms with van der Waals surface area (Å²) in [6.45, 7) is 1.47. The number of rotatable bonds is 4. The Morgan fingerprint density at radius 2 is 2.00 bits per heavy atom. The average Bonchev–Trinajstić information content (AvgIpc) is 2.25. The SMILES string of the molecule is CO/N=C(/COC(C)=O)c1ccc(I)cc1. The lowest BCUT2D eigenvalue weighted by Crippen LogP contribution is -2.13. The minimum Gasteiger partial charge on any atom is -0.459 e. The molecule has 86 valence electrons. The van der Waals surface area contributed by atoms with E-state index in [1.807, 2.05) is 24.3 Å². The van der Waals surface area contributed by atoms with Crippen molar-refractivity contribution in [2.45, 2.75) is 6.92 Å². The van der Waals surface area contributed by atoms with E-state index in [0.717, 1.165) is 9.13 Å². The molecule has 16 heavy (non-hydrogen) atoms. The van der Waals surface area contributed by atoms with Crippen LogP contribution >= 0.6 is 22.6 Å². The summed E-state index contributed by atoms with van der Waals surface area (Å²) in [4.78, 5) is 15.4. The Bertz CT molecular complexity index is 387. The molecule has 0 aliphatic rings. The van der Waals surface area contributed by atoms with Crippen LogP contribution in [0.15, 0.2) is 29.4 Å². The molecule has 0 radical (unpaired) electrons. The summed E-state index contributed by atoms with van der Waals surface area (Å²) in [7, 11) is 1.46. The lowest BCUT2D eigenvalue weighted by molar-refractivity contribution is -0.139. The van der Waals surface area contributed by atoms with Gasteiger partial charge in [-0.05, 0) is 34.7 Å². The van der Waals surface area contributed by atoms with Gasteiger partial charge in [-0.1, -0.05) is 17.3 Å². The van der Waals surface area contributed by atoms with Crippen molar-refractivity contribution in [2.75, 3.05) is 13.7 Å². The third kappa shape index (κ3) is 4.18. The van der Waals surface area contributed by atoms with Crippen LogP contribution in [0.1, 0.15) is 12.5 Å². The van der Waals surface area contributed by atoms with Crippen molar-refractivity contribution in [2.24, 2.45) is 5.16 Å². The maximum absolute atomic E-state index is 10.7. The highest BCUT2D eigenvalue weighted by atomic mass is 127. The number of carbonyl (C=O) groups is 1. The first kappa shape index (κ1) is 13.0. The molecule has 0 N–H and O–H groups in total. The number of hydrogen-bond donors (Lipinski definition) is 0. The van der Waals surface area contributed by atoms with Crippen molar-refractivity contribution < 1.29 is 14.4 Å². The Labute approximate surface area is 108 Å². The predicted octanol–water partition coefficient (Wildman–Crippen LogP) is 2.20. The fraction of sp³-hybridized carbons (Fsp3) is 0.273. The lowest BCUT2D eigenvalue weighted by Gasteiger charge is -2.06. The van der Waals surface area contributed by atoms with Gasteiger partial charge in [0, 0.05) is 16.1 Å². The van der Waals surface area contributed by atoms with Crippen molar-refractivity contribution in [1.82, 2.24) is 0 Å². The van der Waals surface area contributed by atoms with E-state index in [4.69, 9.17) is 9.57 Å². The van der Waals surface area contributed by atoms with Gasteiger partial charge in [-0.15, -0.1) is 0 Å². The third-order valence-electron chi connectivity index (χ3n) is 1.79. The minimum atomic E-state index is -0.339. The van der Waals surface area contributed by atoms with Crippen LogP contribution in [0.2, 0.25) is 0 Å². The van der Waals surface area contributed by atoms with E-state index >= 15 is 0 Å². The van der Waals surface area contributed by atoms with Crippen LogP contribution < -0.4 is 0 Å². The number of benzene rings is 1. The second-order valence-corrected chi connectivity index (χ2v) is 4.25. The van der Waals surface area contributed by atoms with Crippen molar-refractivity contribution in [3.05, 3.63) is 33.4 Å². The maximum atomic E-state index is 10.7. The molecule has 4 nitrogen and oxygen atoms in total. The highest BCUT2D eigenvalue weighted by molar-refractivity contribution is 14.1. The molecule has 0 bridgehead atoms. The Hall–Kier alpha value is -1.11. The molecule has 0 unspecified atom stereocenters. The van der Waals surface area contributed by atoms with Crippen molar-refractivity contribution >= 4 is 34.3 Å². The number of esters is 1. The standard InChI is InChI=1S/C11H12INO3/c1-8(14)16-7-11(13-15-2)9-3-5-10(12)6-4-9/h3-6H,7H2,1-2H3/b13-11-. The van der Waals surface area contributed by atoms with Crippen LogP contribution in [-0.4, -0.2) is 25.4 Å². The van der Waals surface area contributed by atoms with E-state index in [1.54, 1.807) is 0 Å². The Balaban J connectivity index is 2.81. The molecule has 0 aliphatic heterocycles. The number of oxime groups is 1.